The van der Waals surface area contributed by atoms with Gasteiger partial charge >= 0.3 is 0 Å². The van der Waals surface area contributed by atoms with Gasteiger partial charge in [0.05, 0.1) is 26.3 Å². The zero-order chi connectivity index (χ0) is 17.1. The lowest BCUT2D eigenvalue weighted by Crippen LogP contribution is -2.67. The molecule has 3 aliphatic rings. The van der Waals surface area contributed by atoms with Gasteiger partial charge in [-0.25, -0.2) is 0 Å². The van der Waals surface area contributed by atoms with E-state index >= 15 is 0 Å². The highest BCUT2D eigenvalue weighted by Gasteiger charge is 2.55. The largest absolute Gasteiger partial charge is 0.381 e. The van der Waals surface area contributed by atoms with Crippen molar-refractivity contribution in [2.24, 2.45) is 11.8 Å². The van der Waals surface area contributed by atoms with Crippen LogP contribution in [0.1, 0.15) is 24.8 Å². The minimum atomic E-state index is -0.185. The van der Waals surface area contributed by atoms with Crippen LogP contribution in [0.3, 0.4) is 0 Å². The van der Waals surface area contributed by atoms with E-state index in [1.807, 2.05) is 23.2 Å². The van der Waals surface area contributed by atoms with Crippen LogP contribution in [0.2, 0.25) is 0 Å². The van der Waals surface area contributed by atoms with Crippen LogP contribution in [0.15, 0.2) is 24.5 Å². The molecule has 25 heavy (non-hydrogen) atoms. The summed E-state index contributed by atoms with van der Waals surface area (Å²) in [5.41, 5.74) is 0.899. The summed E-state index contributed by atoms with van der Waals surface area (Å²) in [6.45, 7) is 4.85. The third-order valence-electron chi connectivity index (χ3n) is 5.71. The Labute approximate surface area is 148 Å². The molecule has 1 aromatic heterocycles. The van der Waals surface area contributed by atoms with Gasteiger partial charge in [-0.05, 0) is 30.9 Å². The first kappa shape index (κ1) is 16.9. The van der Waals surface area contributed by atoms with Crippen molar-refractivity contribution in [1.82, 2.24) is 9.88 Å². The van der Waals surface area contributed by atoms with Crippen LogP contribution in [0.25, 0.3) is 0 Å². The molecule has 3 fully saturated rings. The predicted octanol–water partition coefficient (Wildman–Crippen LogP) is 1.64. The van der Waals surface area contributed by atoms with Crippen LogP contribution in [0, 0.1) is 11.8 Å². The van der Waals surface area contributed by atoms with E-state index in [1.54, 1.807) is 6.20 Å². The van der Waals surface area contributed by atoms with Crippen molar-refractivity contribution in [1.29, 1.82) is 0 Å². The number of aromatic nitrogens is 1. The first-order valence-corrected chi connectivity index (χ1v) is 9.24. The monoisotopic (exact) mass is 346 g/mol. The van der Waals surface area contributed by atoms with Gasteiger partial charge in [0.2, 0.25) is 5.91 Å². The molecule has 6 nitrogen and oxygen atoms in total. The highest BCUT2D eigenvalue weighted by Crippen LogP contribution is 2.41. The normalized spacial score (nSPS) is 25.9. The number of ether oxygens (including phenoxy) is 3. The molecule has 1 amide bonds. The summed E-state index contributed by atoms with van der Waals surface area (Å²) < 4.78 is 17.3. The third-order valence-corrected chi connectivity index (χ3v) is 5.71. The molecule has 6 heteroatoms. The van der Waals surface area contributed by atoms with E-state index in [9.17, 15) is 4.79 Å². The number of hydrogen-bond donors (Lipinski definition) is 0. The number of likely N-dealkylation sites (tertiary alicyclic amines) is 1. The number of carbonyl (C=O) groups is 1. The topological polar surface area (TPSA) is 60.9 Å². The van der Waals surface area contributed by atoms with Crippen molar-refractivity contribution in [2.75, 3.05) is 39.5 Å². The highest BCUT2D eigenvalue weighted by atomic mass is 16.5. The van der Waals surface area contributed by atoms with Crippen molar-refractivity contribution in [3.05, 3.63) is 30.1 Å². The molecule has 0 bridgehead atoms. The second-order valence-corrected chi connectivity index (χ2v) is 7.36. The van der Waals surface area contributed by atoms with Gasteiger partial charge in [0.1, 0.15) is 5.60 Å². The van der Waals surface area contributed by atoms with Gasteiger partial charge in [-0.2, -0.15) is 0 Å². The lowest BCUT2D eigenvalue weighted by molar-refractivity contribution is -0.174. The van der Waals surface area contributed by atoms with Crippen molar-refractivity contribution >= 4 is 5.91 Å². The zero-order valence-corrected chi connectivity index (χ0v) is 14.6. The molecular weight excluding hydrogens is 320 g/mol. The summed E-state index contributed by atoms with van der Waals surface area (Å²) in [6.07, 6.45) is 6.30. The van der Waals surface area contributed by atoms with Crippen LogP contribution in [-0.2, 0) is 25.6 Å². The first-order valence-electron chi connectivity index (χ1n) is 9.24. The average molecular weight is 346 g/mol. The van der Waals surface area contributed by atoms with Gasteiger partial charge in [0.15, 0.2) is 0 Å². The van der Waals surface area contributed by atoms with E-state index in [0.717, 1.165) is 31.4 Å². The Bertz CT molecular complexity index is 582. The van der Waals surface area contributed by atoms with Crippen LogP contribution in [0.4, 0.5) is 0 Å². The van der Waals surface area contributed by atoms with Crippen LogP contribution >= 0.6 is 0 Å². The SMILES string of the molecule is O=C(C1CCOCC1)N1CC2(C1)OCC[C@@H]2COCc1cccnc1. The number of nitrogens with zero attached hydrogens (tertiary/aromatic N) is 2. The van der Waals surface area contributed by atoms with Crippen molar-refractivity contribution in [3.8, 4) is 0 Å². The van der Waals surface area contributed by atoms with Gasteiger partial charge in [0.25, 0.3) is 0 Å². The van der Waals surface area contributed by atoms with Crippen molar-refractivity contribution in [3.63, 3.8) is 0 Å². The van der Waals surface area contributed by atoms with Crippen molar-refractivity contribution < 1.29 is 19.0 Å². The number of hydrogen-bond acceptors (Lipinski definition) is 5. The van der Waals surface area contributed by atoms with Gasteiger partial charge in [0, 0.05) is 44.1 Å². The molecule has 3 aliphatic heterocycles. The Balaban J connectivity index is 1.26. The summed E-state index contributed by atoms with van der Waals surface area (Å²) in [7, 11) is 0. The summed E-state index contributed by atoms with van der Waals surface area (Å²) in [4.78, 5) is 18.7. The van der Waals surface area contributed by atoms with Crippen LogP contribution in [0.5, 0.6) is 0 Å². The van der Waals surface area contributed by atoms with Gasteiger partial charge in [-0.15, -0.1) is 0 Å². The van der Waals surface area contributed by atoms with E-state index < -0.39 is 0 Å². The lowest BCUT2D eigenvalue weighted by Gasteiger charge is -2.51. The zero-order valence-electron chi connectivity index (χ0n) is 14.6. The Kier molecular flexibility index (Phi) is 5.01. The molecule has 136 valence electrons. The number of rotatable bonds is 5. The fourth-order valence-electron chi connectivity index (χ4n) is 4.13. The molecule has 0 aliphatic carbocycles. The molecule has 4 rings (SSSR count). The van der Waals surface area contributed by atoms with Gasteiger partial charge in [-0.3, -0.25) is 9.78 Å². The van der Waals surface area contributed by atoms with Crippen LogP contribution < -0.4 is 0 Å². The molecule has 0 unspecified atom stereocenters. The molecule has 0 N–H and O–H groups in total. The average Bonchev–Trinajstić information content (AvgIpc) is 3.05. The van der Waals surface area contributed by atoms with E-state index in [-0.39, 0.29) is 17.4 Å². The maximum Gasteiger partial charge on any atom is 0.226 e. The van der Waals surface area contributed by atoms with Crippen LogP contribution in [-0.4, -0.2) is 60.9 Å². The van der Waals surface area contributed by atoms with Gasteiger partial charge in [-0.1, -0.05) is 6.07 Å². The van der Waals surface area contributed by atoms with Gasteiger partial charge < -0.3 is 19.1 Å². The smallest absolute Gasteiger partial charge is 0.226 e. The Morgan fingerprint density at radius 1 is 1.28 bits per heavy atom. The minimum Gasteiger partial charge on any atom is -0.381 e. The van der Waals surface area contributed by atoms with E-state index in [2.05, 4.69) is 4.98 Å². The maximum absolute atomic E-state index is 12.6. The Hall–Kier alpha value is -1.50. The molecule has 0 saturated carbocycles. The maximum atomic E-state index is 12.6. The molecule has 3 saturated heterocycles. The second-order valence-electron chi connectivity index (χ2n) is 7.36. The summed E-state index contributed by atoms with van der Waals surface area (Å²) in [6, 6.07) is 3.94. The summed E-state index contributed by atoms with van der Waals surface area (Å²) >= 11 is 0. The molecule has 1 spiro atoms. The molecular formula is C19H26N2O4. The van der Waals surface area contributed by atoms with E-state index in [4.69, 9.17) is 14.2 Å². The molecule has 1 aromatic rings. The lowest BCUT2D eigenvalue weighted by atomic mass is 9.80. The fraction of sp³-hybridized carbons (Fsp3) is 0.684. The number of pyridine rings is 1. The minimum absolute atomic E-state index is 0.132. The Morgan fingerprint density at radius 2 is 2.12 bits per heavy atom. The molecule has 0 aromatic carbocycles. The number of amides is 1. The summed E-state index contributed by atoms with van der Waals surface area (Å²) in [5.74, 6) is 0.773. The van der Waals surface area contributed by atoms with E-state index in [0.29, 0.717) is 45.4 Å². The molecule has 4 heterocycles. The third kappa shape index (κ3) is 3.57. The standard InChI is InChI=1S/C19H26N2O4/c22-18(16-3-7-23-8-4-16)21-13-19(14-21)17(5-9-25-19)12-24-11-15-2-1-6-20-10-15/h1-2,6,10,16-17H,3-5,7-9,11-14H2/t17-/m1/s1. The van der Waals surface area contributed by atoms with E-state index in [1.165, 1.54) is 0 Å². The molecule has 0 radical (unpaired) electrons. The Morgan fingerprint density at radius 3 is 2.88 bits per heavy atom. The van der Waals surface area contributed by atoms with Crippen molar-refractivity contribution in [2.45, 2.75) is 31.5 Å². The predicted molar refractivity (Wildman–Crippen MR) is 90.8 cm³/mol. The highest BCUT2D eigenvalue weighted by molar-refractivity contribution is 5.80. The fourth-order valence-corrected chi connectivity index (χ4v) is 4.13. The first-order chi connectivity index (χ1) is 12.3. The number of carbonyl (C=O) groups excluding carboxylic acids is 1. The quantitative estimate of drug-likeness (QED) is 0.811. The summed E-state index contributed by atoms with van der Waals surface area (Å²) in [5, 5.41) is 0. The molecule has 1 atom stereocenters. The second kappa shape index (κ2) is 7.40.